The SMILES string of the molecule is Cn1cc(C(=O)NC[C@H](O)c2cc3ccccc3s2)ccc1=O. The van der Waals surface area contributed by atoms with Crippen LogP contribution in [-0.2, 0) is 7.05 Å². The van der Waals surface area contributed by atoms with Crippen molar-refractivity contribution >= 4 is 27.3 Å². The second kappa shape index (κ2) is 6.36. The lowest BCUT2D eigenvalue weighted by atomic mass is 10.2. The highest BCUT2D eigenvalue weighted by molar-refractivity contribution is 7.19. The van der Waals surface area contributed by atoms with E-state index in [4.69, 9.17) is 0 Å². The molecule has 0 saturated heterocycles. The molecule has 1 amide bonds. The zero-order chi connectivity index (χ0) is 16.4. The summed E-state index contributed by atoms with van der Waals surface area (Å²) >= 11 is 1.51. The molecular formula is C17H16N2O3S. The summed E-state index contributed by atoms with van der Waals surface area (Å²) in [5.74, 6) is -0.319. The van der Waals surface area contributed by atoms with Gasteiger partial charge in [0, 0.05) is 35.4 Å². The third kappa shape index (κ3) is 3.33. The first kappa shape index (κ1) is 15.5. The van der Waals surface area contributed by atoms with Crippen molar-refractivity contribution in [3.8, 4) is 0 Å². The van der Waals surface area contributed by atoms with Gasteiger partial charge in [-0.05, 0) is 23.6 Å². The standard InChI is InChI=1S/C17H16N2O3S/c1-19-10-12(6-7-16(19)21)17(22)18-9-13(20)15-8-11-4-2-3-5-14(11)23-15/h2-8,10,13,20H,9H2,1H3,(H,18,22)/t13-/m0/s1. The van der Waals surface area contributed by atoms with E-state index < -0.39 is 6.10 Å². The van der Waals surface area contributed by atoms with Crippen molar-refractivity contribution < 1.29 is 9.90 Å². The average Bonchev–Trinajstić information content (AvgIpc) is 2.99. The largest absolute Gasteiger partial charge is 0.386 e. The lowest BCUT2D eigenvalue weighted by molar-refractivity contribution is 0.0917. The molecule has 0 radical (unpaired) electrons. The van der Waals surface area contributed by atoms with Crippen LogP contribution < -0.4 is 10.9 Å². The van der Waals surface area contributed by atoms with Crippen LogP contribution in [0.15, 0.2) is 53.5 Å². The highest BCUT2D eigenvalue weighted by atomic mass is 32.1. The molecule has 2 N–H and O–H groups in total. The molecule has 118 valence electrons. The predicted octanol–water partition coefficient (Wildman–Crippen LogP) is 2.06. The van der Waals surface area contributed by atoms with E-state index >= 15 is 0 Å². The summed E-state index contributed by atoms with van der Waals surface area (Å²) < 4.78 is 2.45. The van der Waals surface area contributed by atoms with Crippen LogP contribution in [0.25, 0.3) is 10.1 Å². The molecule has 0 bridgehead atoms. The van der Waals surface area contributed by atoms with Gasteiger partial charge < -0.3 is 15.0 Å². The van der Waals surface area contributed by atoms with Gasteiger partial charge in [-0.3, -0.25) is 9.59 Å². The van der Waals surface area contributed by atoms with Crippen LogP contribution in [0, 0.1) is 0 Å². The van der Waals surface area contributed by atoms with E-state index in [0.29, 0.717) is 5.56 Å². The third-order valence-electron chi connectivity index (χ3n) is 3.58. The lowest BCUT2D eigenvalue weighted by Gasteiger charge is -2.10. The molecule has 1 aromatic carbocycles. The highest BCUT2D eigenvalue weighted by Crippen LogP contribution is 2.29. The predicted molar refractivity (Wildman–Crippen MR) is 90.8 cm³/mol. The van der Waals surface area contributed by atoms with E-state index in [2.05, 4.69) is 5.32 Å². The number of aromatic nitrogens is 1. The molecule has 0 saturated carbocycles. The van der Waals surface area contributed by atoms with Crippen molar-refractivity contribution in [1.29, 1.82) is 0 Å². The number of rotatable bonds is 4. The number of thiophene rings is 1. The van der Waals surface area contributed by atoms with Gasteiger partial charge in [-0.2, -0.15) is 0 Å². The number of nitrogens with one attached hydrogen (secondary N) is 1. The molecular weight excluding hydrogens is 312 g/mol. The molecule has 5 nitrogen and oxygen atoms in total. The first-order valence-corrected chi connectivity index (χ1v) is 7.97. The minimum atomic E-state index is -0.760. The summed E-state index contributed by atoms with van der Waals surface area (Å²) in [6, 6.07) is 12.7. The Morgan fingerprint density at radius 3 is 2.83 bits per heavy atom. The summed E-state index contributed by atoms with van der Waals surface area (Å²) in [4.78, 5) is 24.2. The second-order valence-corrected chi connectivity index (χ2v) is 6.39. The number of pyridine rings is 1. The van der Waals surface area contributed by atoms with Crippen LogP contribution in [-0.4, -0.2) is 22.1 Å². The van der Waals surface area contributed by atoms with Crippen LogP contribution in [0.5, 0.6) is 0 Å². The van der Waals surface area contributed by atoms with Crippen molar-refractivity contribution in [2.45, 2.75) is 6.10 Å². The van der Waals surface area contributed by atoms with Gasteiger partial charge in [-0.1, -0.05) is 18.2 Å². The first-order chi connectivity index (χ1) is 11.0. The third-order valence-corrected chi connectivity index (χ3v) is 4.79. The number of fused-ring (bicyclic) bond motifs is 1. The maximum absolute atomic E-state index is 12.1. The van der Waals surface area contributed by atoms with Crippen molar-refractivity contribution in [1.82, 2.24) is 9.88 Å². The summed E-state index contributed by atoms with van der Waals surface area (Å²) in [5, 5.41) is 14.0. The highest BCUT2D eigenvalue weighted by Gasteiger charge is 2.14. The molecule has 23 heavy (non-hydrogen) atoms. The van der Waals surface area contributed by atoms with Gasteiger partial charge >= 0.3 is 0 Å². The summed E-state index contributed by atoms with van der Waals surface area (Å²) in [6.45, 7) is 0.120. The molecule has 0 aliphatic rings. The number of benzene rings is 1. The number of carbonyl (C=O) groups is 1. The molecule has 2 heterocycles. The lowest BCUT2D eigenvalue weighted by Crippen LogP contribution is -2.29. The summed E-state index contributed by atoms with van der Waals surface area (Å²) in [5.41, 5.74) is 0.211. The van der Waals surface area contributed by atoms with Crippen molar-refractivity contribution in [3.05, 3.63) is 69.5 Å². The van der Waals surface area contributed by atoms with E-state index in [0.717, 1.165) is 15.0 Å². The van der Waals surface area contributed by atoms with Gasteiger partial charge in [0.15, 0.2) is 0 Å². The number of carbonyl (C=O) groups excluding carboxylic acids is 1. The van der Waals surface area contributed by atoms with E-state index in [1.54, 1.807) is 7.05 Å². The number of aryl methyl sites for hydroxylation is 1. The van der Waals surface area contributed by atoms with Crippen LogP contribution in [0.2, 0.25) is 0 Å². The molecule has 3 aromatic rings. The maximum atomic E-state index is 12.1. The Balaban J connectivity index is 1.68. The number of amides is 1. The number of nitrogens with zero attached hydrogens (tertiary/aromatic N) is 1. The second-order valence-electron chi connectivity index (χ2n) is 5.28. The number of aliphatic hydroxyl groups is 1. The van der Waals surface area contributed by atoms with Gasteiger partial charge in [-0.25, -0.2) is 0 Å². The van der Waals surface area contributed by atoms with Gasteiger partial charge in [0.25, 0.3) is 5.91 Å². The Morgan fingerprint density at radius 1 is 1.30 bits per heavy atom. The Bertz CT molecular complexity index is 880. The Kier molecular flexibility index (Phi) is 4.27. The van der Waals surface area contributed by atoms with E-state index in [1.165, 1.54) is 34.2 Å². The van der Waals surface area contributed by atoms with E-state index in [-0.39, 0.29) is 18.0 Å². The fourth-order valence-electron chi connectivity index (χ4n) is 2.29. The molecule has 0 spiro atoms. The van der Waals surface area contributed by atoms with Gasteiger partial charge in [-0.15, -0.1) is 11.3 Å². The summed E-state index contributed by atoms with van der Waals surface area (Å²) in [7, 11) is 1.59. The number of aliphatic hydroxyl groups excluding tert-OH is 1. The number of hydrogen-bond donors (Lipinski definition) is 2. The van der Waals surface area contributed by atoms with Crippen LogP contribution in [0.4, 0.5) is 0 Å². The minimum Gasteiger partial charge on any atom is -0.386 e. The Labute approximate surface area is 136 Å². The zero-order valence-corrected chi connectivity index (χ0v) is 13.3. The molecule has 1 atom stereocenters. The van der Waals surface area contributed by atoms with Crippen LogP contribution in [0.1, 0.15) is 21.3 Å². The Hall–Kier alpha value is -2.44. The monoisotopic (exact) mass is 328 g/mol. The normalized spacial score (nSPS) is 12.3. The first-order valence-electron chi connectivity index (χ1n) is 7.16. The molecule has 2 aromatic heterocycles. The summed E-state index contributed by atoms with van der Waals surface area (Å²) in [6.07, 6.45) is 0.715. The fourth-order valence-corrected chi connectivity index (χ4v) is 3.34. The smallest absolute Gasteiger partial charge is 0.252 e. The molecule has 0 aliphatic heterocycles. The van der Waals surface area contributed by atoms with Crippen LogP contribution >= 0.6 is 11.3 Å². The molecule has 3 rings (SSSR count). The van der Waals surface area contributed by atoms with Gasteiger partial charge in [0.05, 0.1) is 5.56 Å². The zero-order valence-electron chi connectivity index (χ0n) is 12.5. The van der Waals surface area contributed by atoms with Crippen LogP contribution in [0.3, 0.4) is 0 Å². The quantitative estimate of drug-likeness (QED) is 0.770. The van der Waals surface area contributed by atoms with Gasteiger partial charge in [0.1, 0.15) is 6.10 Å². The Morgan fingerprint density at radius 2 is 2.09 bits per heavy atom. The maximum Gasteiger partial charge on any atom is 0.252 e. The van der Waals surface area contributed by atoms with Crippen molar-refractivity contribution in [3.63, 3.8) is 0 Å². The fraction of sp³-hybridized carbons (Fsp3) is 0.176. The van der Waals surface area contributed by atoms with E-state index in [9.17, 15) is 14.7 Å². The average molecular weight is 328 g/mol. The molecule has 6 heteroatoms. The van der Waals surface area contributed by atoms with Gasteiger partial charge in [0.2, 0.25) is 5.56 Å². The van der Waals surface area contributed by atoms with Crippen molar-refractivity contribution in [2.75, 3.05) is 6.54 Å². The van der Waals surface area contributed by atoms with E-state index in [1.807, 2.05) is 30.3 Å². The van der Waals surface area contributed by atoms with Crippen molar-refractivity contribution in [2.24, 2.45) is 7.05 Å². The topological polar surface area (TPSA) is 71.3 Å². The molecule has 0 fully saturated rings. The molecule has 0 aliphatic carbocycles. The minimum absolute atomic E-state index is 0.120. The molecule has 0 unspecified atom stereocenters. The number of hydrogen-bond acceptors (Lipinski definition) is 4.